The fraction of sp³-hybridized carbons (Fsp3) is 0.286. The Morgan fingerprint density at radius 3 is 2.57 bits per heavy atom. The zero-order chi connectivity index (χ0) is 21.8. The summed E-state index contributed by atoms with van der Waals surface area (Å²) < 4.78 is 20.6. The van der Waals surface area contributed by atoms with Crippen molar-refractivity contribution in [3.05, 3.63) is 41.5 Å². The molecule has 1 atom stereocenters. The third-order valence-corrected chi connectivity index (χ3v) is 4.52. The Morgan fingerprint density at radius 2 is 1.90 bits per heavy atom. The number of hydrogen-bond acceptors (Lipinski definition) is 9. The van der Waals surface area contributed by atoms with Gasteiger partial charge in [0.2, 0.25) is 0 Å². The van der Waals surface area contributed by atoms with Crippen LogP contribution in [0.2, 0.25) is 0 Å². The van der Waals surface area contributed by atoms with Crippen LogP contribution in [0.5, 0.6) is 28.7 Å². The van der Waals surface area contributed by atoms with Crippen LogP contribution in [0.3, 0.4) is 0 Å². The van der Waals surface area contributed by atoms with Crippen molar-refractivity contribution in [1.29, 1.82) is 0 Å². The molecular weight excluding hydrogens is 396 g/mol. The maximum atomic E-state index is 12.6. The summed E-state index contributed by atoms with van der Waals surface area (Å²) in [4.78, 5) is 35.4. The number of carbonyl (C=O) groups is 3. The molecule has 0 spiro atoms. The van der Waals surface area contributed by atoms with Gasteiger partial charge in [-0.05, 0) is 17.7 Å². The van der Waals surface area contributed by atoms with E-state index in [1.807, 2.05) is 0 Å². The summed E-state index contributed by atoms with van der Waals surface area (Å²) in [7, 11) is 2.59. The molecule has 2 N–H and O–H groups in total. The smallest absolute Gasteiger partial charge is 0.313 e. The van der Waals surface area contributed by atoms with Gasteiger partial charge in [0, 0.05) is 12.1 Å². The van der Waals surface area contributed by atoms with E-state index in [2.05, 4.69) is 4.74 Å². The summed E-state index contributed by atoms with van der Waals surface area (Å²) in [6.45, 7) is -0.420. The van der Waals surface area contributed by atoms with E-state index in [1.54, 1.807) is 12.1 Å². The fourth-order valence-electron chi connectivity index (χ4n) is 3.04. The van der Waals surface area contributed by atoms with Crippen molar-refractivity contribution in [2.45, 2.75) is 18.9 Å². The van der Waals surface area contributed by atoms with Crippen LogP contribution in [-0.2, 0) is 14.3 Å². The summed E-state index contributed by atoms with van der Waals surface area (Å²) in [6.07, 6.45) is -1.17. The molecule has 1 heterocycles. The molecule has 158 valence electrons. The molecule has 9 nitrogen and oxygen atoms in total. The highest BCUT2D eigenvalue weighted by Gasteiger charge is 2.31. The van der Waals surface area contributed by atoms with Crippen LogP contribution in [0.4, 0.5) is 0 Å². The largest absolute Gasteiger partial charge is 0.507 e. The number of esters is 1. The zero-order valence-electron chi connectivity index (χ0n) is 16.3. The molecule has 1 unspecified atom stereocenters. The number of fused-ring (bicyclic) bond motifs is 1. The summed E-state index contributed by atoms with van der Waals surface area (Å²) >= 11 is 0. The summed E-state index contributed by atoms with van der Waals surface area (Å²) in [5.41, 5.74) is 0.559. The van der Waals surface area contributed by atoms with Crippen LogP contribution >= 0.6 is 0 Å². The molecule has 0 saturated heterocycles. The average molecular weight is 416 g/mol. The molecule has 0 radical (unpaired) electrons. The normalized spacial score (nSPS) is 15.0. The van der Waals surface area contributed by atoms with Gasteiger partial charge in [-0.15, -0.1) is 0 Å². The van der Waals surface area contributed by atoms with Crippen molar-refractivity contribution in [3.8, 4) is 28.7 Å². The Labute approximate surface area is 171 Å². The minimum Gasteiger partial charge on any atom is -0.507 e. The van der Waals surface area contributed by atoms with Gasteiger partial charge >= 0.3 is 5.97 Å². The minimum atomic E-state index is -0.697. The standard InChI is InChI=1S/C21H20O9/c1-27-17-4-3-11(5-14(17)23)18-9-16(25)21-15(24)7-13(8-19(21)30-18)29-10-12(22)6-20(26)28-2/h3-5,7-8,18,23-24H,6,9-10H2,1-2H3. The number of phenolic OH excluding ortho intramolecular Hbond substituents is 2. The molecule has 2 aromatic rings. The maximum absolute atomic E-state index is 12.6. The summed E-state index contributed by atoms with van der Waals surface area (Å²) in [5, 5.41) is 20.2. The molecule has 1 aliphatic heterocycles. The number of methoxy groups -OCH3 is 2. The van der Waals surface area contributed by atoms with Gasteiger partial charge in [-0.3, -0.25) is 14.4 Å². The summed E-state index contributed by atoms with van der Waals surface area (Å²) in [5.74, 6) is -1.52. The Balaban J connectivity index is 1.80. The van der Waals surface area contributed by atoms with E-state index in [0.29, 0.717) is 5.56 Å². The van der Waals surface area contributed by atoms with Crippen molar-refractivity contribution < 1.29 is 43.5 Å². The van der Waals surface area contributed by atoms with Gasteiger partial charge in [-0.1, -0.05) is 6.07 Å². The van der Waals surface area contributed by atoms with E-state index in [4.69, 9.17) is 14.2 Å². The lowest BCUT2D eigenvalue weighted by molar-refractivity contribution is -0.143. The lowest BCUT2D eigenvalue weighted by Gasteiger charge is -2.26. The molecule has 1 aliphatic rings. The molecular formula is C21H20O9. The number of ketones is 2. The van der Waals surface area contributed by atoms with Crippen molar-refractivity contribution in [1.82, 2.24) is 0 Å². The Morgan fingerprint density at radius 1 is 1.13 bits per heavy atom. The van der Waals surface area contributed by atoms with Crippen LogP contribution in [0.25, 0.3) is 0 Å². The monoisotopic (exact) mass is 416 g/mol. The Bertz CT molecular complexity index is 996. The van der Waals surface area contributed by atoms with E-state index in [-0.39, 0.29) is 46.5 Å². The lowest BCUT2D eigenvalue weighted by Crippen LogP contribution is -2.21. The van der Waals surface area contributed by atoms with Gasteiger partial charge in [0.15, 0.2) is 23.1 Å². The van der Waals surface area contributed by atoms with E-state index in [9.17, 15) is 24.6 Å². The molecule has 30 heavy (non-hydrogen) atoms. The predicted octanol–water partition coefficient (Wildman–Crippen LogP) is 2.32. The third-order valence-electron chi connectivity index (χ3n) is 4.52. The molecule has 0 aliphatic carbocycles. The van der Waals surface area contributed by atoms with Crippen molar-refractivity contribution in [2.24, 2.45) is 0 Å². The number of hydrogen-bond donors (Lipinski definition) is 2. The zero-order valence-corrected chi connectivity index (χ0v) is 16.3. The first-order valence-electron chi connectivity index (χ1n) is 8.97. The van der Waals surface area contributed by atoms with E-state index >= 15 is 0 Å². The molecule has 0 fully saturated rings. The lowest BCUT2D eigenvalue weighted by atomic mass is 9.95. The molecule has 0 amide bonds. The highest BCUT2D eigenvalue weighted by Crippen LogP contribution is 2.43. The van der Waals surface area contributed by atoms with E-state index in [0.717, 1.165) is 0 Å². The van der Waals surface area contributed by atoms with Crippen molar-refractivity contribution in [3.63, 3.8) is 0 Å². The maximum Gasteiger partial charge on any atom is 0.313 e. The van der Waals surface area contributed by atoms with Gasteiger partial charge in [-0.2, -0.15) is 0 Å². The number of Topliss-reactive ketones (excluding diaryl/α,β-unsaturated/α-hetero) is 2. The van der Waals surface area contributed by atoms with Crippen LogP contribution in [0.1, 0.15) is 34.9 Å². The van der Waals surface area contributed by atoms with Gasteiger partial charge in [-0.25, -0.2) is 0 Å². The molecule has 9 heteroatoms. The molecule has 0 saturated carbocycles. The quantitative estimate of drug-likeness (QED) is 0.516. The number of ether oxygens (including phenoxy) is 4. The summed E-state index contributed by atoms with van der Waals surface area (Å²) in [6, 6.07) is 7.23. The SMILES string of the molecule is COC(=O)CC(=O)COc1cc(O)c2c(c1)OC(c1ccc(OC)c(O)c1)CC2=O. The van der Waals surface area contributed by atoms with Crippen LogP contribution in [0, 0.1) is 0 Å². The first-order valence-corrected chi connectivity index (χ1v) is 8.97. The first kappa shape index (κ1) is 21.0. The number of benzene rings is 2. The molecule has 2 aromatic carbocycles. The number of rotatable bonds is 7. The van der Waals surface area contributed by atoms with Crippen molar-refractivity contribution in [2.75, 3.05) is 20.8 Å². The minimum absolute atomic E-state index is 0.0113. The highest BCUT2D eigenvalue weighted by atomic mass is 16.5. The van der Waals surface area contributed by atoms with E-state index in [1.165, 1.54) is 32.4 Å². The Hall–Kier alpha value is -3.75. The Kier molecular flexibility index (Phi) is 6.10. The predicted molar refractivity (Wildman–Crippen MR) is 102 cm³/mol. The van der Waals surface area contributed by atoms with E-state index < -0.39 is 30.9 Å². The van der Waals surface area contributed by atoms with Gasteiger partial charge in [0.1, 0.15) is 41.9 Å². The van der Waals surface area contributed by atoms with Crippen molar-refractivity contribution >= 4 is 17.5 Å². The molecule has 0 bridgehead atoms. The van der Waals surface area contributed by atoms with Crippen LogP contribution in [-0.4, -0.2) is 48.6 Å². The fourth-order valence-corrected chi connectivity index (χ4v) is 3.04. The van der Waals surface area contributed by atoms with Gasteiger partial charge in [0.25, 0.3) is 0 Å². The van der Waals surface area contributed by atoms with Crippen LogP contribution in [0.15, 0.2) is 30.3 Å². The highest BCUT2D eigenvalue weighted by molar-refractivity contribution is 6.02. The van der Waals surface area contributed by atoms with Crippen LogP contribution < -0.4 is 14.2 Å². The van der Waals surface area contributed by atoms with Gasteiger partial charge in [0.05, 0.1) is 20.6 Å². The second-order valence-electron chi connectivity index (χ2n) is 6.56. The first-order chi connectivity index (χ1) is 14.3. The number of carbonyl (C=O) groups excluding carboxylic acids is 3. The number of aromatic hydroxyl groups is 2. The number of phenols is 2. The second-order valence-corrected chi connectivity index (χ2v) is 6.56. The molecule has 0 aromatic heterocycles. The topological polar surface area (TPSA) is 129 Å². The third kappa shape index (κ3) is 4.45. The second kappa shape index (κ2) is 8.73. The molecule has 3 rings (SSSR count). The van der Waals surface area contributed by atoms with Gasteiger partial charge < -0.3 is 29.2 Å². The average Bonchev–Trinajstić information content (AvgIpc) is 2.71.